The van der Waals surface area contributed by atoms with E-state index in [9.17, 15) is 9.59 Å². The summed E-state index contributed by atoms with van der Waals surface area (Å²) in [5.41, 5.74) is 1.67. The van der Waals surface area contributed by atoms with Crippen LogP contribution < -0.4 is 4.90 Å². The highest BCUT2D eigenvalue weighted by Gasteiger charge is 2.25. The normalized spacial score (nSPS) is 15.6. The first-order valence-corrected chi connectivity index (χ1v) is 6.29. The number of likely N-dealkylation sites (N-methyl/N-ethyl adjacent to an activating group) is 1. The first-order chi connectivity index (χ1) is 8.99. The lowest BCUT2D eigenvalue weighted by molar-refractivity contribution is -0.133. The molecule has 2 rings (SSSR count). The average Bonchev–Trinajstić information content (AvgIpc) is 2.41. The molecule has 0 aliphatic carbocycles. The summed E-state index contributed by atoms with van der Waals surface area (Å²) in [6.45, 7) is 1.36. The van der Waals surface area contributed by atoms with E-state index in [-0.39, 0.29) is 18.4 Å². The van der Waals surface area contributed by atoms with Crippen LogP contribution in [0.15, 0.2) is 24.3 Å². The number of benzene rings is 1. The molecule has 1 aromatic carbocycles. The van der Waals surface area contributed by atoms with E-state index >= 15 is 0 Å². The molecule has 2 amide bonds. The predicted octanol–water partition coefficient (Wildman–Crippen LogP) is 0.667. The lowest BCUT2D eigenvalue weighted by Crippen LogP contribution is -2.50. The Morgan fingerprint density at radius 1 is 1.16 bits per heavy atom. The zero-order valence-corrected chi connectivity index (χ0v) is 11.6. The highest BCUT2D eigenvalue weighted by Crippen LogP contribution is 2.14. The van der Waals surface area contributed by atoms with Crippen LogP contribution in [-0.4, -0.2) is 62.4 Å². The van der Waals surface area contributed by atoms with Gasteiger partial charge in [-0.15, -0.1) is 0 Å². The summed E-state index contributed by atoms with van der Waals surface area (Å²) >= 11 is 0. The predicted molar refractivity (Wildman–Crippen MR) is 74.3 cm³/mol. The summed E-state index contributed by atoms with van der Waals surface area (Å²) in [5, 5.41) is 0. The summed E-state index contributed by atoms with van der Waals surface area (Å²) in [6, 6.07) is 7.43. The molecule has 0 radical (unpaired) electrons. The molecule has 1 saturated heterocycles. The Balaban J connectivity index is 2.09. The Hall–Kier alpha value is -2.04. The summed E-state index contributed by atoms with van der Waals surface area (Å²) in [5.74, 6) is -0.0868. The molecule has 0 unspecified atom stereocenters. The standard InChI is InChI=1S/C14H19N3O2/c1-15(2)12-6-4-11(5-7-12)14(19)17-9-8-16(3)13(18)10-17/h4-7H,8-10H2,1-3H3. The minimum absolute atomic E-state index is 0.00971. The lowest BCUT2D eigenvalue weighted by Gasteiger charge is -2.32. The lowest BCUT2D eigenvalue weighted by atomic mass is 10.1. The Morgan fingerprint density at radius 2 is 1.79 bits per heavy atom. The third kappa shape index (κ3) is 2.86. The summed E-state index contributed by atoms with van der Waals surface area (Å²) in [4.78, 5) is 29.1. The van der Waals surface area contributed by atoms with Crippen LogP contribution in [-0.2, 0) is 4.79 Å². The number of anilines is 1. The van der Waals surface area contributed by atoms with E-state index in [1.54, 1.807) is 29.0 Å². The van der Waals surface area contributed by atoms with Crippen LogP contribution in [0.25, 0.3) is 0 Å². The molecule has 1 heterocycles. The van der Waals surface area contributed by atoms with Gasteiger partial charge in [-0.05, 0) is 24.3 Å². The minimum Gasteiger partial charge on any atom is -0.378 e. The average molecular weight is 261 g/mol. The maximum atomic E-state index is 12.3. The van der Waals surface area contributed by atoms with Gasteiger partial charge in [0.1, 0.15) is 6.54 Å². The molecule has 0 atom stereocenters. The van der Waals surface area contributed by atoms with E-state index in [4.69, 9.17) is 0 Å². The van der Waals surface area contributed by atoms with Gasteiger partial charge in [0.25, 0.3) is 5.91 Å². The van der Waals surface area contributed by atoms with Crippen LogP contribution in [0.4, 0.5) is 5.69 Å². The number of hydrogen-bond acceptors (Lipinski definition) is 3. The maximum Gasteiger partial charge on any atom is 0.254 e. The van der Waals surface area contributed by atoms with Gasteiger partial charge < -0.3 is 14.7 Å². The van der Waals surface area contributed by atoms with Crippen molar-refractivity contribution in [3.63, 3.8) is 0 Å². The van der Waals surface area contributed by atoms with E-state index in [0.29, 0.717) is 18.7 Å². The molecule has 1 aliphatic rings. The molecular weight excluding hydrogens is 242 g/mol. The fraction of sp³-hybridized carbons (Fsp3) is 0.429. The second kappa shape index (κ2) is 5.30. The van der Waals surface area contributed by atoms with Crippen molar-refractivity contribution in [1.29, 1.82) is 0 Å². The Labute approximate surface area is 113 Å². The molecule has 102 valence electrons. The highest BCUT2D eigenvalue weighted by atomic mass is 16.2. The third-order valence-electron chi connectivity index (χ3n) is 3.38. The largest absolute Gasteiger partial charge is 0.378 e. The third-order valence-corrected chi connectivity index (χ3v) is 3.38. The summed E-state index contributed by atoms with van der Waals surface area (Å²) in [7, 11) is 5.67. The van der Waals surface area contributed by atoms with Gasteiger partial charge in [-0.2, -0.15) is 0 Å². The van der Waals surface area contributed by atoms with E-state index in [1.165, 1.54) is 0 Å². The molecule has 0 N–H and O–H groups in total. The van der Waals surface area contributed by atoms with E-state index in [1.807, 2.05) is 31.1 Å². The van der Waals surface area contributed by atoms with Crippen LogP contribution in [0.3, 0.4) is 0 Å². The van der Waals surface area contributed by atoms with Crippen LogP contribution in [0, 0.1) is 0 Å². The van der Waals surface area contributed by atoms with Gasteiger partial charge in [-0.25, -0.2) is 0 Å². The van der Waals surface area contributed by atoms with Gasteiger partial charge in [0.05, 0.1) is 0 Å². The summed E-state index contributed by atoms with van der Waals surface area (Å²) < 4.78 is 0. The van der Waals surface area contributed by atoms with Crippen molar-refractivity contribution in [2.45, 2.75) is 0 Å². The van der Waals surface area contributed by atoms with Gasteiger partial charge >= 0.3 is 0 Å². The number of rotatable bonds is 2. The molecule has 1 aliphatic heterocycles. The molecule has 0 spiro atoms. The molecule has 5 nitrogen and oxygen atoms in total. The first-order valence-electron chi connectivity index (χ1n) is 6.29. The zero-order chi connectivity index (χ0) is 14.0. The van der Waals surface area contributed by atoms with Gasteiger partial charge in [0.15, 0.2) is 0 Å². The van der Waals surface area contributed by atoms with Crippen molar-refractivity contribution in [3.05, 3.63) is 29.8 Å². The number of nitrogens with zero attached hydrogens (tertiary/aromatic N) is 3. The molecule has 5 heteroatoms. The minimum atomic E-state index is -0.0771. The van der Waals surface area contributed by atoms with Crippen molar-refractivity contribution in [2.24, 2.45) is 0 Å². The molecule has 1 fully saturated rings. The Morgan fingerprint density at radius 3 is 2.32 bits per heavy atom. The zero-order valence-electron chi connectivity index (χ0n) is 11.6. The number of carbonyl (C=O) groups excluding carboxylic acids is 2. The van der Waals surface area contributed by atoms with Crippen molar-refractivity contribution in [3.8, 4) is 0 Å². The topological polar surface area (TPSA) is 43.9 Å². The van der Waals surface area contributed by atoms with Crippen molar-refractivity contribution < 1.29 is 9.59 Å². The first kappa shape index (κ1) is 13.4. The number of carbonyl (C=O) groups is 2. The second-order valence-corrected chi connectivity index (χ2v) is 4.98. The number of piperazine rings is 1. The number of hydrogen-bond donors (Lipinski definition) is 0. The van der Waals surface area contributed by atoms with Crippen LogP contribution >= 0.6 is 0 Å². The second-order valence-electron chi connectivity index (χ2n) is 4.98. The Bertz CT molecular complexity index is 482. The van der Waals surface area contributed by atoms with E-state index < -0.39 is 0 Å². The van der Waals surface area contributed by atoms with Crippen LogP contribution in [0.2, 0.25) is 0 Å². The molecular formula is C14H19N3O2. The van der Waals surface area contributed by atoms with Crippen molar-refractivity contribution >= 4 is 17.5 Å². The quantitative estimate of drug-likeness (QED) is 0.786. The molecule has 0 saturated carbocycles. The smallest absolute Gasteiger partial charge is 0.254 e. The monoisotopic (exact) mass is 261 g/mol. The highest BCUT2D eigenvalue weighted by molar-refractivity contribution is 5.97. The number of amides is 2. The van der Waals surface area contributed by atoms with Crippen LogP contribution in [0.1, 0.15) is 10.4 Å². The van der Waals surface area contributed by atoms with E-state index in [2.05, 4.69) is 0 Å². The van der Waals surface area contributed by atoms with Gasteiger partial charge in [0, 0.05) is 45.5 Å². The van der Waals surface area contributed by atoms with Crippen molar-refractivity contribution in [1.82, 2.24) is 9.80 Å². The van der Waals surface area contributed by atoms with Gasteiger partial charge in [-0.1, -0.05) is 0 Å². The van der Waals surface area contributed by atoms with Gasteiger partial charge in [0.2, 0.25) is 5.91 Å². The Kier molecular flexibility index (Phi) is 3.74. The van der Waals surface area contributed by atoms with Crippen LogP contribution in [0.5, 0.6) is 0 Å². The molecule has 0 aromatic heterocycles. The maximum absolute atomic E-state index is 12.3. The van der Waals surface area contributed by atoms with Gasteiger partial charge in [-0.3, -0.25) is 9.59 Å². The summed E-state index contributed by atoms with van der Waals surface area (Å²) in [6.07, 6.45) is 0. The fourth-order valence-corrected chi connectivity index (χ4v) is 2.02. The molecule has 0 bridgehead atoms. The van der Waals surface area contributed by atoms with E-state index in [0.717, 1.165) is 5.69 Å². The molecule has 19 heavy (non-hydrogen) atoms. The molecule has 1 aromatic rings. The SMILES string of the molecule is CN1CCN(C(=O)c2ccc(N(C)C)cc2)CC1=O. The van der Waals surface area contributed by atoms with Crippen molar-refractivity contribution in [2.75, 3.05) is 45.7 Å². The fourth-order valence-electron chi connectivity index (χ4n) is 2.02.